The summed E-state index contributed by atoms with van der Waals surface area (Å²) in [6.07, 6.45) is 3.51. The average Bonchev–Trinajstić information content (AvgIpc) is 3.05. The molecule has 35 heavy (non-hydrogen) atoms. The maximum atomic E-state index is 6.33. The van der Waals surface area contributed by atoms with Gasteiger partial charge in [0.25, 0.3) is 0 Å². The van der Waals surface area contributed by atoms with E-state index < -0.39 is 16.4 Å². The summed E-state index contributed by atoms with van der Waals surface area (Å²) >= 11 is 1.60. The summed E-state index contributed by atoms with van der Waals surface area (Å²) in [5, 5.41) is 3.44. The fraction of sp³-hybridized carbons (Fsp3) is 0.310. The monoisotopic (exact) mass is 611 g/mol. The molecule has 0 bridgehead atoms. The smallest absolute Gasteiger partial charge is 1.00 e. The van der Waals surface area contributed by atoms with Crippen molar-refractivity contribution in [2.75, 3.05) is 6.61 Å². The van der Waals surface area contributed by atoms with Gasteiger partial charge in [-0.3, -0.25) is 0 Å². The molecular formula is C29H31Cl2OSi2Zr. The van der Waals surface area contributed by atoms with Gasteiger partial charge in [0, 0.05) is 0 Å². The van der Waals surface area contributed by atoms with Crippen LogP contribution in [0.4, 0.5) is 0 Å². The third kappa shape index (κ3) is 4.37. The fourth-order valence-corrected chi connectivity index (χ4v) is 11.6. The van der Waals surface area contributed by atoms with E-state index in [4.69, 9.17) is 4.43 Å². The van der Waals surface area contributed by atoms with Crippen LogP contribution in [0.2, 0.25) is 32.7 Å². The standard InChI is InChI=1S/C29H31OSi2.2ClH.Zr/c1-31(2,3)30-15-14-21-16-19-10-7-9-13-23(19)27(21)28-25-17-20-11-6-8-12-22(20)24(25)18-26-29(28)32(26,4)5;;;/h6-13,16-18,27H,14-15H2,1-5H3;2*1H;/q;;;+2/p-2. The van der Waals surface area contributed by atoms with Gasteiger partial charge >= 0.3 is 216 Å². The van der Waals surface area contributed by atoms with Gasteiger partial charge in [0.15, 0.2) is 0 Å². The van der Waals surface area contributed by atoms with E-state index in [-0.39, 0.29) is 24.8 Å². The number of rotatable bonds is 5. The van der Waals surface area contributed by atoms with Crippen LogP contribution in [0.1, 0.15) is 43.8 Å². The first-order valence-corrected chi connectivity index (χ1v) is 20.0. The van der Waals surface area contributed by atoms with Crippen molar-refractivity contribution in [3.63, 3.8) is 0 Å². The zero-order valence-electron chi connectivity index (χ0n) is 21.0. The van der Waals surface area contributed by atoms with Gasteiger partial charge in [0.1, 0.15) is 0 Å². The molecule has 0 aromatic heterocycles. The van der Waals surface area contributed by atoms with Crippen molar-refractivity contribution < 1.29 is 54.0 Å². The second-order valence-corrected chi connectivity index (χ2v) is 21.5. The van der Waals surface area contributed by atoms with E-state index in [0.717, 1.165) is 13.0 Å². The summed E-state index contributed by atoms with van der Waals surface area (Å²) in [5.41, 5.74) is 12.3. The molecule has 0 N–H and O–H groups in total. The SMILES string of the molecule is C[Si](C)(C)OCCC1=Cc2ccccc2C1c1c2c(cc3c1[Si]3(C)C)-c1ccccc1[CH]2[Zr+2].[Cl-].[Cl-]. The predicted octanol–water partition coefficient (Wildman–Crippen LogP) is 0.218. The molecule has 0 saturated carbocycles. The van der Waals surface area contributed by atoms with Gasteiger partial charge in [-0.2, -0.15) is 0 Å². The Kier molecular flexibility index (Phi) is 7.43. The molecule has 1 aliphatic heterocycles. The first-order valence-electron chi connectivity index (χ1n) is 12.1. The maximum absolute atomic E-state index is 6.33. The van der Waals surface area contributed by atoms with E-state index in [1.807, 2.05) is 0 Å². The summed E-state index contributed by atoms with van der Waals surface area (Å²) in [6.45, 7) is 12.8. The van der Waals surface area contributed by atoms with E-state index >= 15 is 0 Å². The van der Waals surface area contributed by atoms with Crippen molar-refractivity contribution >= 4 is 32.8 Å². The molecule has 3 aromatic rings. The van der Waals surface area contributed by atoms with E-state index in [1.54, 1.807) is 51.8 Å². The predicted molar refractivity (Wildman–Crippen MR) is 141 cm³/mol. The third-order valence-corrected chi connectivity index (χ3v) is 13.6. The maximum Gasteiger partial charge on any atom is -1.00 e. The number of halogens is 2. The van der Waals surface area contributed by atoms with Crippen LogP contribution in [-0.2, 0) is 29.1 Å². The molecule has 3 aliphatic rings. The summed E-state index contributed by atoms with van der Waals surface area (Å²) in [7, 11) is -2.98. The van der Waals surface area contributed by atoms with Crippen molar-refractivity contribution in [1.82, 2.24) is 0 Å². The Bertz CT molecular complexity index is 1340. The Morgan fingerprint density at radius 1 is 0.886 bits per heavy atom. The normalized spacial score (nSPS) is 20.0. The summed E-state index contributed by atoms with van der Waals surface area (Å²) in [5.74, 6) is 0.390. The van der Waals surface area contributed by atoms with Gasteiger partial charge in [-0.05, 0) is 0 Å². The van der Waals surface area contributed by atoms with Gasteiger partial charge in [-0.25, -0.2) is 0 Å². The molecule has 3 aromatic carbocycles. The third-order valence-electron chi connectivity index (χ3n) is 7.73. The molecule has 0 fully saturated rings. The number of fused-ring (bicyclic) bond motifs is 5. The molecule has 1 heterocycles. The Hall–Kier alpha value is -0.743. The van der Waals surface area contributed by atoms with Gasteiger partial charge in [0.2, 0.25) is 0 Å². The largest absolute Gasteiger partial charge is 1.00 e. The molecule has 179 valence electrons. The topological polar surface area (TPSA) is 9.23 Å². The van der Waals surface area contributed by atoms with Crippen LogP contribution in [0, 0.1) is 0 Å². The van der Waals surface area contributed by atoms with Crippen LogP contribution in [0.3, 0.4) is 0 Å². The molecule has 6 heteroatoms. The van der Waals surface area contributed by atoms with Gasteiger partial charge in [-0.1, -0.05) is 0 Å². The first-order chi connectivity index (χ1) is 15.7. The van der Waals surface area contributed by atoms with E-state index in [0.29, 0.717) is 9.54 Å². The Balaban J connectivity index is 0.00000144. The minimum atomic E-state index is -1.52. The zero-order valence-corrected chi connectivity index (χ0v) is 27.0. The molecule has 0 saturated heterocycles. The molecule has 0 amide bonds. The minimum Gasteiger partial charge on any atom is -1.00 e. The zero-order chi connectivity index (χ0) is 23.1. The quantitative estimate of drug-likeness (QED) is 0.375. The molecule has 1 nitrogen and oxygen atoms in total. The number of hydrogen-bond acceptors (Lipinski definition) is 1. The molecule has 6 rings (SSSR count). The van der Waals surface area contributed by atoms with Crippen molar-refractivity contribution in [2.24, 2.45) is 0 Å². The van der Waals surface area contributed by atoms with Crippen LogP contribution in [0.5, 0.6) is 0 Å². The van der Waals surface area contributed by atoms with Crippen LogP contribution in [0.25, 0.3) is 17.2 Å². The number of benzene rings is 3. The Morgan fingerprint density at radius 2 is 1.54 bits per heavy atom. The molecule has 2 aliphatic carbocycles. The van der Waals surface area contributed by atoms with Gasteiger partial charge in [0.05, 0.1) is 0 Å². The first kappa shape index (κ1) is 27.3. The Morgan fingerprint density at radius 3 is 2.26 bits per heavy atom. The summed E-state index contributed by atoms with van der Waals surface area (Å²) in [4.78, 5) is 0. The van der Waals surface area contributed by atoms with Crippen LogP contribution in [0.15, 0.2) is 60.2 Å². The van der Waals surface area contributed by atoms with E-state index in [1.165, 1.54) is 27.8 Å². The van der Waals surface area contributed by atoms with Crippen molar-refractivity contribution in [2.45, 2.75) is 48.7 Å². The second kappa shape index (κ2) is 9.53. The van der Waals surface area contributed by atoms with Crippen molar-refractivity contribution in [1.29, 1.82) is 0 Å². The Labute approximate surface area is 239 Å². The van der Waals surface area contributed by atoms with Crippen LogP contribution in [-0.4, -0.2) is 23.0 Å². The van der Waals surface area contributed by atoms with Gasteiger partial charge in [-0.15, -0.1) is 0 Å². The molecule has 2 unspecified atom stereocenters. The second-order valence-electron chi connectivity index (χ2n) is 11.3. The van der Waals surface area contributed by atoms with E-state index in [2.05, 4.69) is 93.4 Å². The molecular weight excluding hydrogens is 583 g/mol. The fourth-order valence-electron chi connectivity index (χ4n) is 6.14. The van der Waals surface area contributed by atoms with Crippen LogP contribution >= 0.6 is 0 Å². The molecule has 0 radical (unpaired) electrons. The summed E-state index contributed by atoms with van der Waals surface area (Å²) < 4.78 is 6.88. The summed E-state index contributed by atoms with van der Waals surface area (Å²) in [6, 6.07) is 20.9. The average molecular weight is 614 g/mol. The van der Waals surface area contributed by atoms with Crippen LogP contribution < -0.4 is 35.2 Å². The van der Waals surface area contributed by atoms with E-state index in [9.17, 15) is 0 Å². The molecule has 2 atom stereocenters. The number of hydrogen-bond donors (Lipinski definition) is 0. The molecule has 0 spiro atoms. The van der Waals surface area contributed by atoms with Crippen molar-refractivity contribution in [3.8, 4) is 11.1 Å². The van der Waals surface area contributed by atoms with Gasteiger partial charge < -0.3 is 24.8 Å². The van der Waals surface area contributed by atoms with Crippen molar-refractivity contribution in [3.05, 3.63) is 88.0 Å². The minimum absolute atomic E-state index is 0.